The first-order valence-electron chi connectivity index (χ1n) is 10.3. The van der Waals surface area contributed by atoms with Crippen molar-refractivity contribution in [2.24, 2.45) is 0 Å². The monoisotopic (exact) mass is 423 g/mol. The van der Waals surface area contributed by atoms with E-state index in [9.17, 15) is 4.79 Å². The molecular formula is C25H29NO5. The summed E-state index contributed by atoms with van der Waals surface area (Å²) in [5, 5.41) is 2.87. The van der Waals surface area contributed by atoms with Crippen LogP contribution in [0.3, 0.4) is 0 Å². The highest BCUT2D eigenvalue weighted by Gasteiger charge is 2.14. The van der Waals surface area contributed by atoms with E-state index in [1.165, 1.54) is 5.56 Å². The van der Waals surface area contributed by atoms with Crippen molar-refractivity contribution in [3.8, 4) is 23.2 Å². The molecule has 0 radical (unpaired) electrons. The predicted octanol–water partition coefficient (Wildman–Crippen LogP) is 5.49. The Labute approximate surface area is 183 Å². The molecule has 0 aliphatic rings. The molecule has 0 spiro atoms. The van der Waals surface area contributed by atoms with E-state index in [1.807, 2.05) is 37.3 Å². The Morgan fingerprint density at radius 2 is 1.71 bits per heavy atom. The summed E-state index contributed by atoms with van der Waals surface area (Å²) in [5.74, 6) is 2.74. The molecule has 0 saturated heterocycles. The maximum Gasteiger partial charge on any atom is 0.290 e. The molecule has 0 atom stereocenters. The molecule has 164 valence electrons. The molecule has 0 aliphatic heterocycles. The van der Waals surface area contributed by atoms with Crippen LogP contribution in [0.5, 0.6) is 23.2 Å². The van der Waals surface area contributed by atoms with Crippen LogP contribution in [0.1, 0.15) is 47.0 Å². The standard InChI is InChI=1S/C25H29NO5/c1-16(2)19-7-6-17(3)23(14-19)31-24-9-8-22(30-24)25(27)26-11-10-18-12-20(28-4)15-21(13-18)29-5/h6-9,12-16H,10-11H2,1-5H3,(H,26,27). The van der Waals surface area contributed by atoms with Crippen molar-refractivity contribution in [2.75, 3.05) is 20.8 Å². The molecule has 0 saturated carbocycles. The number of hydrogen-bond donors (Lipinski definition) is 1. The highest BCUT2D eigenvalue weighted by molar-refractivity contribution is 5.91. The summed E-state index contributed by atoms with van der Waals surface area (Å²) >= 11 is 0. The SMILES string of the molecule is COc1cc(CCNC(=O)c2ccc(Oc3cc(C(C)C)ccc3C)o2)cc(OC)c1. The van der Waals surface area contributed by atoms with Gasteiger partial charge in [-0.05, 0) is 60.2 Å². The normalized spacial score (nSPS) is 10.8. The molecule has 0 fully saturated rings. The summed E-state index contributed by atoms with van der Waals surface area (Å²) in [6.07, 6.45) is 0.630. The Balaban J connectivity index is 1.59. The Kier molecular flexibility index (Phi) is 7.23. The van der Waals surface area contributed by atoms with Crippen LogP contribution in [-0.2, 0) is 6.42 Å². The zero-order chi connectivity index (χ0) is 22.4. The minimum Gasteiger partial charge on any atom is -0.497 e. The number of rotatable bonds is 9. The highest BCUT2D eigenvalue weighted by Crippen LogP contribution is 2.30. The number of carbonyl (C=O) groups is 1. The van der Waals surface area contributed by atoms with Gasteiger partial charge in [0.1, 0.15) is 17.2 Å². The number of benzene rings is 2. The van der Waals surface area contributed by atoms with Gasteiger partial charge in [0.2, 0.25) is 0 Å². The first-order chi connectivity index (χ1) is 14.9. The molecule has 3 aromatic rings. The molecular weight excluding hydrogens is 394 g/mol. The van der Waals surface area contributed by atoms with Crippen LogP contribution in [0.2, 0.25) is 0 Å². The van der Waals surface area contributed by atoms with Crippen molar-refractivity contribution < 1.29 is 23.4 Å². The number of methoxy groups -OCH3 is 2. The zero-order valence-electron chi connectivity index (χ0n) is 18.7. The fourth-order valence-corrected chi connectivity index (χ4v) is 3.11. The Morgan fingerprint density at radius 1 is 1.00 bits per heavy atom. The fraction of sp³-hybridized carbons (Fsp3) is 0.320. The van der Waals surface area contributed by atoms with Crippen LogP contribution in [0, 0.1) is 6.92 Å². The van der Waals surface area contributed by atoms with Gasteiger partial charge in [-0.1, -0.05) is 26.0 Å². The Bertz CT molecular complexity index is 1020. The van der Waals surface area contributed by atoms with Gasteiger partial charge in [-0.2, -0.15) is 0 Å². The number of ether oxygens (including phenoxy) is 3. The molecule has 1 N–H and O–H groups in total. The van der Waals surface area contributed by atoms with Gasteiger partial charge in [0.05, 0.1) is 14.2 Å². The maximum atomic E-state index is 12.4. The molecule has 0 unspecified atom stereocenters. The summed E-state index contributed by atoms with van der Waals surface area (Å²) in [6, 6.07) is 15.0. The van der Waals surface area contributed by atoms with Gasteiger partial charge >= 0.3 is 0 Å². The number of carbonyl (C=O) groups excluding carboxylic acids is 1. The number of amides is 1. The lowest BCUT2D eigenvalue weighted by atomic mass is 10.0. The second-order valence-electron chi connectivity index (χ2n) is 7.63. The minimum absolute atomic E-state index is 0.205. The summed E-state index contributed by atoms with van der Waals surface area (Å²) < 4.78 is 22.0. The van der Waals surface area contributed by atoms with Crippen molar-refractivity contribution >= 4 is 5.91 Å². The fourth-order valence-electron chi connectivity index (χ4n) is 3.11. The molecule has 1 heterocycles. The number of nitrogens with one attached hydrogen (secondary N) is 1. The summed E-state index contributed by atoms with van der Waals surface area (Å²) in [5.41, 5.74) is 3.18. The lowest BCUT2D eigenvalue weighted by Crippen LogP contribution is -2.25. The van der Waals surface area contributed by atoms with Crippen molar-refractivity contribution in [3.63, 3.8) is 0 Å². The molecule has 0 aliphatic carbocycles. The van der Waals surface area contributed by atoms with E-state index in [0.717, 1.165) is 16.9 Å². The van der Waals surface area contributed by atoms with E-state index in [0.29, 0.717) is 30.4 Å². The number of furan rings is 1. The summed E-state index contributed by atoms with van der Waals surface area (Å²) in [4.78, 5) is 12.4. The average Bonchev–Trinajstić information content (AvgIpc) is 3.23. The van der Waals surface area contributed by atoms with E-state index in [4.69, 9.17) is 18.6 Å². The van der Waals surface area contributed by atoms with Crippen LogP contribution in [0.25, 0.3) is 0 Å². The molecule has 6 nitrogen and oxygen atoms in total. The van der Waals surface area contributed by atoms with Crippen molar-refractivity contribution in [1.82, 2.24) is 5.32 Å². The van der Waals surface area contributed by atoms with Gasteiger partial charge in [0.25, 0.3) is 11.9 Å². The first-order valence-corrected chi connectivity index (χ1v) is 10.3. The van der Waals surface area contributed by atoms with Gasteiger partial charge in [-0.25, -0.2) is 0 Å². The quantitative estimate of drug-likeness (QED) is 0.493. The van der Waals surface area contributed by atoms with Gasteiger partial charge in [-0.3, -0.25) is 4.79 Å². The van der Waals surface area contributed by atoms with Gasteiger partial charge < -0.3 is 23.9 Å². The van der Waals surface area contributed by atoms with Crippen LogP contribution < -0.4 is 19.5 Å². The predicted molar refractivity (Wildman–Crippen MR) is 120 cm³/mol. The molecule has 31 heavy (non-hydrogen) atoms. The average molecular weight is 424 g/mol. The molecule has 3 rings (SSSR count). The third kappa shape index (κ3) is 5.81. The Hall–Kier alpha value is -3.41. The summed E-state index contributed by atoms with van der Waals surface area (Å²) in [6.45, 7) is 6.68. The molecule has 2 aromatic carbocycles. The van der Waals surface area contributed by atoms with Crippen LogP contribution in [0.4, 0.5) is 0 Å². The van der Waals surface area contributed by atoms with Crippen molar-refractivity contribution in [2.45, 2.75) is 33.1 Å². The summed E-state index contributed by atoms with van der Waals surface area (Å²) in [7, 11) is 3.22. The molecule has 1 amide bonds. The van der Waals surface area contributed by atoms with E-state index in [1.54, 1.807) is 26.4 Å². The van der Waals surface area contributed by atoms with E-state index in [-0.39, 0.29) is 17.6 Å². The second kappa shape index (κ2) is 10.1. The molecule has 0 bridgehead atoms. The smallest absolute Gasteiger partial charge is 0.290 e. The highest BCUT2D eigenvalue weighted by atomic mass is 16.6. The topological polar surface area (TPSA) is 69.9 Å². The third-order valence-electron chi connectivity index (χ3n) is 5.01. The first kappa shape index (κ1) is 22.3. The van der Waals surface area contributed by atoms with Gasteiger partial charge in [-0.15, -0.1) is 0 Å². The van der Waals surface area contributed by atoms with E-state index < -0.39 is 0 Å². The van der Waals surface area contributed by atoms with Gasteiger partial charge in [0.15, 0.2) is 5.76 Å². The van der Waals surface area contributed by atoms with Crippen LogP contribution >= 0.6 is 0 Å². The maximum absolute atomic E-state index is 12.4. The van der Waals surface area contributed by atoms with E-state index in [2.05, 4.69) is 25.2 Å². The molecule has 6 heteroatoms. The number of aryl methyl sites for hydroxylation is 1. The van der Waals surface area contributed by atoms with Gasteiger partial charge in [0, 0.05) is 18.7 Å². The molecule has 1 aromatic heterocycles. The zero-order valence-corrected chi connectivity index (χ0v) is 18.7. The minimum atomic E-state index is -0.294. The Morgan fingerprint density at radius 3 is 2.35 bits per heavy atom. The third-order valence-corrected chi connectivity index (χ3v) is 5.01. The van der Waals surface area contributed by atoms with Crippen LogP contribution in [0.15, 0.2) is 52.9 Å². The van der Waals surface area contributed by atoms with Crippen molar-refractivity contribution in [1.29, 1.82) is 0 Å². The largest absolute Gasteiger partial charge is 0.497 e. The second-order valence-corrected chi connectivity index (χ2v) is 7.63. The number of hydrogen-bond acceptors (Lipinski definition) is 5. The van der Waals surface area contributed by atoms with Crippen molar-refractivity contribution in [3.05, 3.63) is 71.0 Å². The lowest BCUT2D eigenvalue weighted by Gasteiger charge is -2.11. The van der Waals surface area contributed by atoms with Crippen LogP contribution in [-0.4, -0.2) is 26.7 Å². The lowest BCUT2D eigenvalue weighted by molar-refractivity contribution is 0.0921. The van der Waals surface area contributed by atoms with E-state index >= 15 is 0 Å².